The number of benzene rings is 2. The fourth-order valence-corrected chi connectivity index (χ4v) is 5.55. The van der Waals surface area contributed by atoms with Crippen molar-refractivity contribution in [2.45, 2.75) is 64.6 Å². The van der Waals surface area contributed by atoms with Gasteiger partial charge in [-0.1, -0.05) is 43.5 Å². The summed E-state index contributed by atoms with van der Waals surface area (Å²) in [6.45, 7) is 2.91. The summed E-state index contributed by atoms with van der Waals surface area (Å²) in [7, 11) is -2.79. The van der Waals surface area contributed by atoms with Gasteiger partial charge in [0.05, 0.1) is 18.3 Å². The van der Waals surface area contributed by atoms with E-state index in [4.69, 9.17) is 4.74 Å². The zero-order chi connectivity index (χ0) is 28.7. The molecule has 1 aliphatic rings. The lowest BCUT2D eigenvalue weighted by Gasteiger charge is -2.33. The fraction of sp³-hybridized carbons (Fsp3) is 0.481. The molecule has 0 spiro atoms. The van der Waals surface area contributed by atoms with Crippen molar-refractivity contribution in [3.05, 3.63) is 63.7 Å². The van der Waals surface area contributed by atoms with Crippen LogP contribution in [0.4, 0.5) is 11.4 Å². The summed E-state index contributed by atoms with van der Waals surface area (Å²) < 4.78 is 31.8. The number of hydrogen-bond acceptors (Lipinski definition) is 7. The number of non-ortho nitro benzene ring substituents is 1. The van der Waals surface area contributed by atoms with Crippen molar-refractivity contribution < 1.29 is 27.7 Å². The average Bonchev–Trinajstić information content (AvgIpc) is 2.90. The first kappa shape index (κ1) is 29.9. The Hall–Kier alpha value is -3.67. The Morgan fingerprint density at radius 1 is 1.15 bits per heavy atom. The first-order chi connectivity index (χ1) is 18.4. The van der Waals surface area contributed by atoms with Crippen LogP contribution in [0.1, 0.15) is 50.2 Å². The van der Waals surface area contributed by atoms with Gasteiger partial charge in [0, 0.05) is 24.7 Å². The third-order valence-electron chi connectivity index (χ3n) is 7.04. The molecule has 12 heteroatoms. The molecule has 0 bridgehead atoms. The third kappa shape index (κ3) is 7.69. The number of carbonyl (C=O) groups is 2. The summed E-state index contributed by atoms with van der Waals surface area (Å²) in [6.07, 6.45) is 5.84. The maximum Gasteiger partial charge on any atom is 0.271 e. The Balaban J connectivity index is 1.97. The predicted molar refractivity (Wildman–Crippen MR) is 148 cm³/mol. The highest BCUT2D eigenvalue weighted by Crippen LogP contribution is 2.34. The van der Waals surface area contributed by atoms with Crippen LogP contribution in [0.15, 0.2) is 42.5 Å². The Morgan fingerprint density at radius 3 is 2.41 bits per heavy atom. The van der Waals surface area contributed by atoms with Gasteiger partial charge in [0.15, 0.2) is 0 Å². The first-order valence-electron chi connectivity index (χ1n) is 12.9. The van der Waals surface area contributed by atoms with Crippen LogP contribution in [0.5, 0.6) is 5.75 Å². The normalized spacial score (nSPS) is 14.8. The molecule has 2 aromatic rings. The molecule has 0 radical (unpaired) electrons. The van der Waals surface area contributed by atoms with Gasteiger partial charge < -0.3 is 15.0 Å². The predicted octanol–water partition coefficient (Wildman–Crippen LogP) is 3.54. The zero-order valence-electron chi connectivity index (χ0n) is 22.8. The second kappa shape index (κ2) is 12.9. The Kier molecular flexibility index (Phi) is 9.90. The van der Waals surface area contributed by atoms with Crippen LogP contribution in [0.25, 0.3) is 0 Å². The molecule has 2 aromatic carbocycles. The minimum absolute atomic E-state index is 0.0331. The molecule has 212 valence electrons. The highest BCUT2D eigenvalue weighted by Gasteiger charge is 2.33. The molecule has 0 heterocycles. The van der Waals surface area contributed by atoms with E-state index in [1.54, 1.807) is 6.92 Å². The van der Waals surface area contributed by atoms with E-state index in [9.17, 15) is 28.1 Å². The molecule has 1 fully saturated rings. The van der Waals surface area contributed by atoms with Crippen LogP contribution < -0.4 is 14.4 Å². The number of ether oxygens (including phenoxy) is 1. The van der Waals surface area contributed by atoms with E-state index in [-0.39, 0.29) is 35.6 Å². The van der Waals surface area contributed by atoms with Crippen molar-refractivity contribution in [2.75, 3.05) is 24.2 Å². The van der Waals surface area contributed by atoms with Crippen LogP contribution >= 0.6 is 0 Å². The van der Waals surface area contributed by atoms with Gasteiger partial charge in [0.1, 0.15) is 24.0 Å². The van der Waals surface area contributed by atoms with Gasteiger partial charge in [-0.05, 0) is 43.9 Å². The monoisotopic (exact) mass is 560 g/mol. The number of rotatable bonds is 11. The molecule has 39 heavy (non-hydrogen) atoms. The van der Waals surface area contributed by atoms with Gasteiger partial charge in [-0.15, -0.1) is 0 Å². The summed E-state index contributed by atoms with van der Waals surface area (Å²) in [5.74, 6) is -0.904. The average molecular weight is 561 g/mol. The van der Waals surface area contributed by atoms with Crippen LogP contribution in [-0.4, -0.2) is 62.0 Å². The molecule has 11 nitrogen and oxygen atoms in total. The largest absolute Gasteiger partial charge is 0.495 e. The molecular weight excluding hydrogens is 524 g/mol. The summed E-state index contributed by atoms with van der Waals surface area (Å²) >= 11 is 0. The lowest BCUT2D eigenvalue weighted by molar-refractivity contribution is -0.384. The fourth-order valence-electron chi connectivity index (χ4n) is 4.70. The quantitative estimate of drug-likeness (QED) is 0.328. The molecule has 0 aromatic heterocycles. The number of carbonyl (C=O) groups excluding carboxylic acids is 2. The van der Waals surface area contributed by atoms with Gasteiger partial charge in [0.2, 0.25) is 21.8 Å². The van der Waals surface area contributed by atoms with Gasteiger partial charge >= 0.3 is 0 Å². The Bertz CT molecular complexity index is 1310. The second-order valence-electron chi connectivity index (χ2n) is 9.85. The summed E-state index contributed by atoms with van der Waals surface area (Å²) in [6, 6.07) is 10.1. The number of amides is 2. The van der Waals surface area contributed by atoms with Gasteiger partial charge in [-0.25, -0.2) is 8.42 Å². The van der Waals surface area contributed by atoms with E-state index in [1.165, 1.54) is 24.1 Å². The topological polar surface area (TPSA) is 139 Å². The van der Waals surface area contributed by atoms with Gasteiger partial charge in [-0.2, -0.15) is 0 Å². The highest BCUT2D eigenvalue weighted by atomic mass is 32.2. The third-order valence-corrected chi connectivity index (χ3v) is 8.17. The number of aryl methyl sites for hydroxylation is 1. The summed E-state index contributed by atoms with van der Waals surface area (Å²) in [5, 5.41) is 14.4. The van der Waals surface area contributed by atoms with Crippen LogP contribution in [-0.2, 0) is 26.2 Å². The smallest absolute Gasteiger partial charge is 0.271 e. The zero-order valence-corrected chi connectivity index (χ0v) is 23.6. The Labute approximate surface area is 229 Å². The Morgan fingerprint density at radius 2 is 1.82 bits per heavy atom. The maximum absolute atomic E-state index is 13.8. The van der Waals surface area contributed by atoms with E-state index in [2.05, 4.69) is 5.32 Å². The minimum Gasteiger partial charge on any atom is -0.495 e. The molecule has 1 N–H and O–H groups in total. The number of nitrogens with one attached hydrogen (secondary N) is 1. The summed E-state index contributed by atoms with van der Waals surface area (Å²) in [4.78, 5) is 39.2. The number of anilines is 1. The first-order valence-corrected chi connectivity index (χ1v) is 14.7. The van der Waals surface area contributed by atoms with E-state index in [0.29, 0.717) is 0 Å². The van der Waals surface area contributed by atoms with Gasteiger partial charge in [-0.3, -0.25) is 24.0 Å². The summed E-state index contributed by atoms with van der Waals surface area (Å²) in [5.41, 5.74) is 1.22. The van der Waals surface area contributed by atoms with E-state index in [0.717, 1.165) is 59.9 Å². The number of methoxy groups -OCH3 is 1. The molecule has 1 aliphatic carbocycles. The lowest BCUT2D eigenvalue weighted by Crippen LogP contribution is -2.53. The minimum atomic E-state index is -4.09. The van der Waals surface area contributed by atoms with Crippen molar-refractivity contribution >= 4 is 33.2 Å². The maximum atomic E-state index is 13.8. The molecular formula is C27H36N4O7S. The second-order valence-corrected chi connectivity index (χ2v) is 11.8. The molecule has 1 saturated carbocycles. The van der Waals surface area contributed by atoms with Gasteiger partial charge in [0.25, 0.3) is 5.69 Å². The van der Waals surface area contributed by atoms with E-state index >= 15 is 0 Å². The molecule has 0 unspecified atom stereocenters. The van der Waals surface area contributed by atoms with Crippen LogP contribution in [0, 0.1) is 17.0 Å². The lowest BCUT2D eigenvalue weighted by atomic mass is 9.95. The van der Waals surface area contributed by atoms with Crippen molar-refractivity contribution in [1.82, 2.24) is 10.2 Å². The number of hydrogen-bond donors (Lipinski definition) is 1. The number of nitro groups is 1. The SMILES string of the molecule is COc1ccc([N+](=O)[O-])cc1N(CC(=O)N(Cc1ccccc1C)[C@H](C)C(=O)NC1CCCCC1)S(C)(=O)=O. The number of nitro benzene ring substituents is 1. The van der Waals surface area contributed by atoms with Crippen molar-refractivity contribution in [2.24, 2.45) is 0 Å². The number of nitrogens with zero attached hydrogens (tertiary/aromatic N) is 3. The number of sulfonamides is 1. The van der Waals surface area contributed by atoms with Crippen molar-refractivity contribution in [3.63, 3.8) is 0 Å². The molecule has 1 atom stereocenters. The van der Waals surface area contributed by atoms with Crippen molar-refractivity contribution in [3.8, 4) is 5.75 Å². The molecule has 3 rings (SSSR count). The van der Waals surface area contributed by atoms with E-state index in [1.807, 2.05) is 31.2 Å². The standard InChI is InChI=1S/C27H36N4O7S/c1-19-10-8-9-11-21(19)17-29(20(2)27(33)28-22-12-6-5-7-13-22)26(32)18-30(39(4,36)37)24-16-23(31(34)35)14-15-25(24)38-3/h8-11,14-16,20,22H,5-7,12-13,17-18H2,1-4H3,(H,28,33)/t20-/m1/s1. The molecule has 0 aliphatic heterocycles. The van der Waals surface area contributed by atoms with Crippen LogP contribution in [0.3, 0.4) is 0 Å². The molecule has 2 amide bonds. The molecule has 0 saturated heterocycles. The van der Waals surface area contributed by atoms with Crippen molar-refractivity contribution in [1.29, 1.82) is 0 Å². The van der Waals surface area contributed by atoms with Crippen LogP contribution in [0.2, 0.25) is 0 Å². The highest BCUT2D eigenvalue weighted by molar-refractivity contribution is 7.92. The van der Waals surface area contributed by atoms with E-state index < -0.39 is 33.4 Å².